The number of piperidine rings is 1. The van der Waals surface area contributed by atoms with E-state index in [0.29, 0.717) is 5.75 Å². The number of pyridine rings is 1. The third kappa shape index (κ3) is 3.58. The van der Waals surface area contributed by atoms with Crippen molar-refractivity contribution in [2.45, 2.75) is 67.6 Å². The van der Waals surface area contributed by atoms with E-state index < -0.39 is 21.2 Å². The molecule has 30 heavy (non-hydrogen) atoms. The summed E-state index contributed by atoms with van der Waals surface area (Å²) < 4.78 is 37.9. The molecule has 0 amide bonds. The third-order valence-corrected chi connectivity index (χ3v) is 8.83. The quantitative estimate of drug-likeness (QED) is 0.738. The molecule has 1 aromatic heterocycles. The van der Waals surface area contributed by atoms with Crippen LogP contribution >= 0.6 is 0 Å². The summed E-state index contributed by atoms with van der Waals surface area (Å²) in [5, 5.41) is -0.676. The van der Waals surface area contributed by atoms with Crippen LogP contribution in [0.1, 0.15) is 50.7 Å². The maximum absolute atomic E-state index is 12.8. The molecular formula is C23H28N2O4S. The van der Waals surface area contributed by atoms with Crippen LogP contribution in [0.5, 0.6) is 11.5 Å². The number of sulfone groups is 1. The number of aromatic nitrogens is 1. The van der Waals surface area contributed by atoms with Crippen molar-refractivity contribution in [3.63, 3.8) is 0 Å². The van der Waals surface area contributed by atoms with Crippen LogP contribution in [0.4, 0.5) is 0 Å². The summed E-state index contributed by atoms with van der Waals surface area (Å²) in [5.74, 6) is 1.15. The van der Waals surface area contributed by atoms with Crippen molar-refractivity contribution in [3.05, 3.63) is 48.2 Å². The molecule has 0 bridgehead atoms. The Morgan fingerprint density at radius 3 is 2.47 bits per heavy atom. The summed E-state index contributed by atoms with van der Waals surface area (Å²) >= 11 is 0. The van der Waals surface area contributed by atoms with Gasteiger partial charge < -0.3 is 14.4 Å². The van der Waals surface area contributed by atoms with Gasteiger partial charge in [0, 0.05) is 25.3 Å². The van der Waals surface area contributed by atoms with E-state index in [1.807, 2.05) is 24.3 Å². The lowest BCUT2D eigenvalue weighted by atomic mass is 9.90. The molecule has 2 aromatic rings. The van der Waals surface area contributed by atoms with Gasteiger partial charge in [-0.15, -0.1) is 0 Å². The van der Waals surface area contributed by atoms with Gasteiger partial charge >= 0.3 is 0 Å². The predicted molar refractivity (Wildman–Crippen MR) is 114 cm³/mol. The van der Waals surface area contributed by atoms with Crippen LogP contribution in [0, 0.1) is 0 Å². The van der Waals surface area contributed by atoms with Crippen molar-refractivity contribution >= 4 is 9.84 Å². The zero-order valence-electron chi connectivity index (χ0n) is 17.2. The smallest absolute Gasteiger partial charge is 0.205 e. The summed E-state index contributed by atoms with van der Waals surface area (Å²) in [7, 11) is -3.53. The fourth-order valence-electron chi connectivity index (χ4n) is 4.63. The van der Waals surface area contributed by atoms with Crippen molar-refractivity contribution in [2.75, 3.05) is 13.1 Å². The van der Waals surface area contributed by atoms with Crippen LogP contribution in [0.3, 0.4) is 0 Å². The zero-order chi connectivity index (χ0) is 20.7. The van der Waals surface area contributed by atoms with Crippen LogP contribution in [-0.4, -0.2) is 48.8 Å². The van der Waals surface area contributed by atoms with Crippen molar-refractivity contribution in [1.29, 1.82) is 0 Å². The maximum atomic E-state index is 12.8. The van der Waals surface area contributed by atoms with E-state index in [1.54, 1.807) is 19.1 Å². The van der Waals surface area contributed by atoms with E-state index >= 15 is 0 Å². The van der Waals surface area contributed by atoms with Crippen LogP contribution in [0.15, 0.2) is 47.6 Å². The van der Waals surface area contributed by atoms with E-state index in [9.17, 15) is 8.42 Å². The molecule has 3 aliphatic rings. The molecule has 2 fully saturated rings. The second-order valence-corrected chi connectivity index (χ2v) is 10.8. The minimum atomic E-state index is -3.53. The van der Waals surface area contributed by atoms with Gasteiger partial charge in [-0.2, -0.15) is 0 Å². The van der Waals surface area contributed by atoms with Crippen molar-refractivity contribution < 1.29 is 17.9 Å². The first-order chi connectivity index (χ1) is 14.5. The van der Waals surface area contributed by atoms with Crippen LogP contribution < -0.4 is 9.47 Å². The van der Waals surface area contributed by atoms with Crippen molar-refractivity contribution in [2.24, 2.45) is 0 Å². The monoisotopic (exact) mass is 428 g/mol. The summed E-state index contributed by atoms with van der Waals surface area (Å²) in [5.41, 5.74) is 0.827. The van der Waals surface area contributed by atoms with E-state index in [1.165, 1.54) is 25.5 Å². The minimum Gasteiger partial charge on any atom is -0.490 e. The van der Waals surface area contributed by atoms with E-state index in [2.05, 4.69) is 9.88 Å². The van der Waals surface area contributed by atoms with E-state index in [-0.39, 0.29) is 11.1 Å². The normalized spacial score (nSPS) is 27.0. The maximum Gasteiger partial charge on any atom is 0.205 e. The summed E-state index contributed by atoms with van der Waals surface area (Å²) in [6, 6.07) is 11.8. The number of likely N-dealkylation sites (tertiary alicyclic amines) is 1. The van der Waals surface area contributed by atoms with E-state index in [0.717, 1.165) is 43.3 Å². The number of rotatable bonds is 4. The first kappa shape index (κ1) is 19.8. The standard InChI is InChI=1S/C23H28N2O4S/c1-16-22(29-21-6-3-13-24-23(21)30(16,26)27)17-7-9-19(10-8-17)28-20-11-14-25(15-12-20)18-4-2-5-18/h3,6-10,13,16,18,20,22H,2,4-5,11-12,14-15H2,1H3/t16-,22+/m0/s1. The summed E-state index contributed by atoms with van der Waals surface area (Å²) in [6.45, 7) is 3.91. The van der Waals surface area contributed by atoms with Gasteiger partial charge in [-0.3, -0.25) is 0 Å². The average molecular weight is 429 g/mol. The lowest BCUT2D eigenvalue weighted by Gasteiger charge is -2.41. The van der Waals surface area contributed by atoms with Crippen LogP contribution in [0.25, 0.3) is 0 Å². The topological polar surface area (TPSA) is 68.7 Å². The number of fused-ring (bicyclic) bond motifs is 1. The number of benzene rings is 1. The molecule has 6 nitrogen and oxygen atoms in total. The molecule has 2 atom stereocenters. The van der Waals surface area contributed by atoms with Crippen molar-refractivity contribution in [3.8, 4) is 11.5 Å². The fraction of sp³-hybridized carbons (Fsp3) is 0.522. The SMILES string of the molecule is C[C@H]1[C@H](c2ccc(OC3CCN(C4CCC4)CC3)cc2)Oc2cccnc2S1(=O)=O. The fourth-order valence-corrected chi connectivity index (χ4v) is 6.12. The number of hydrogen-bond donors (Lipinski definition) is 0. The second-order valence-electron chi connectivity index (χ2n) is 8.60. The Morgan fingerprint density at radius 2 is 1.80 bits per heavy atom. The highest BCUT2D eigenvalue weighted by Gasteiger charge is 2.41. The molecule has 0 unspecified atom stereocenters. The predicted octanol–water partition coefficient (Wildman–Crippen LogP) is 3.77. The van der Waals surface area contributed by atoms with Crippen molar-refractivity contribution in [1.82, 2.24) is 9.88 Å². The van der Waals surface area contributed by atoms with E-state index in [4.69, 9.17) is 9.47 Å². The Labute approximate surface area is 178 Å². The molecule has 0 spiro atoms. The molecule has 160 valence electrons. The Kier molecular flexibility index (Phi) is 5.19. The summed E-state index contributed by atoms with van der Waals surface area (Å²) in [6.07, 6.45) is 7.36. The van der Waals surface area contributed by atoms with Crippen LogP contribution in [-0.2, 0) is 9.84 Å². The van der Waals surface area contributed by atoms with Gasteiger partial charge in [0.05, 0.1) is 0 Å². The highest BCUT2D eigenvalue weighted by molar-refractivity contribution is 7.92. The Bertz CT molecular complexity index is 996. The molecule has 2 aliphatic heterocycles. The van der Waals surface area contributed by atoms with Gasteiger partial charge in [0.15, 0.2) is 10.8 Å². The molecule has 1 aliphatic carbocycles. The van der Waals surface area contributed by atoms with Gasteiger partial charge in [-0.25, -0.2) is 13.4 Å². The highest BCUT2D eigenvalue weighted by Crippen LogP contribution is 2.40. The largest absolute Gasteiger partial charge is 0.490 e. The van der Waals surface area contributed by atoms with Gasteiger partial charge in [0.25, 0.3) is 0 Å². The zero-order valence-corrected chi connectivity index (χ0v) is 18.1. The van der Waals surface area contributed by atoms with Crippen LogP contribution in [0.2, 0.25) is 0 Å². The second kappa shape index (κ2) is 7.85. The molecule has 0 radical (unpaired) electrons. The Morgan fingerprint density at radius 1 is 1.07 bits per heavy atom. The Hall–Kier alpha value is -2.12. The molecule has 1 saturated heterocycles. The van der Waals surface area contributed by atoms with Gasteiger partial charge in [0.1, 0.15) is 23.2 Å². The van der Waals surface area contributed by atoms with Gasteiger partial charge in [-0.05, 0) is 62.4 Å². The Balaban J connectivity index is 1.25. The molecule has 7 heteroatoms. The lowest BCUT2D eigenvalue weighted by Crippen LogP contribution is -2.46. The molecular weight excluding hydrogens is 400 g/mol. The molecule has 5 rings (SSSR count). The molecule has 0 N–H and O–H groups in total. The average Bonchev–Trinajstić information content (AvgIpc) is 2.72. The number of nitrogens with zero attached hydrogens (tertiary/aromatic N) is 2. The first-order valence-corrected chi connectivity index (χ1v) is 12.4. The lowest BCUT2D eigenvalue weighted by molar-refractivity contribution is 0.0493. The number of hydrogen-bond acceptors (Lipinski definition) is 6. The first-order valence-electron chi connectivity index (χ1n) is 10.9. The number of ether oxygens (including phenoxy) is 2. The molecule has 1 saturated carbocycles. The summed E-state index contributed by atoms with van der Waals surface area (Å²) in [4.78, 5) is 6.63. The highest BCUT2D eigenvalue weighted by atomic mass is 32.2. The minimum absolute atomic E-state index is 0.0296. The third-order valence-electron chi connectivity index (χ3n) is 6.75. The van der Waals surface area contributed by atoms with Gasteiger partial charge in [0.2, 0.25) is 9.84 Å². The molecule has 1 aromatic carbocycles. The van der Waals surface area contributed by atoms with Gasteiger partial charge in [-0.1, -0.05) is 18.6 Å². The molecule has 3 heterocycles.